The van der Waals surface area contributed by atoms with Crippen LogP contribution in [0.15, 0.2) is 47.4 Å². The monoisotopic (exact) mass is 391 g/mol. The molecule has 1 aliphatic heterocycles. The van der Waals surface area contributed by atoms with Gasteiger partial charge in [0.2, 0.25) is 10.0 Å². The summed E-state index contributed by atoms with van der Waals surface area (Å²) in [7, 11) is 0.191. The predicted octanol–water partition coefficient (Wildman–Crippen LogP) is 1.99. The minimum absolute atomic E-state index is 0.0217. The van der Waals surface area contributed by atoms with Crippen LogP contribution in [0.2, 0.25) is 0 Å². The van der Waals surface area contributed by atoms with Crippen molar-refractivity contribution in [1.29, 1.82) is 0 Å². The number of hydrogen-bond donors (Lipinski definition) is 0. The van der Waals surface area contributed by atoms with Crippen molar-refractivity contribution in [2.75, 3.05) is 21.3 Å². The fourth-order valence-corrected chi connectivity index (χ4v) is 4.77. The van der Waals surface area contributed by atoms with Crippen molar-refractivity contribution >= 4 is 16.0 Å². The molecule has 8 heteroatoms. The molecule has 1 aliphatic rings. The average molecular weight is 391 g/mol. The molecular weight excluding hydrogens is 370 g/mol. The molecule has 0 bridgehead atoms. The van der Waals surface area contributed by atoms with Gasteiger partial charge in [0.05, 0.1) is 26.2 Å². The zero-order valence-corrected chi connectivity index (χ0v) is 16.2. The van der Waals surface area contributed by atoms with Crippen LogP contribution in [0, 0.1) is 0 Å². The lowest BCUT2D eigenvalue weighted by atomic mass is 9.96. The number of benzene rings is 2. The van der Waals surface area contributed by atoms with Gasteiger partial charge < -0.3 is 14.2 Å². The van der Waals surface area contributed by atoms with Crippen LogP contribution in [0.3, 0.4) is 0 Å². The maximum absolute atomic E-state index is 13.3. The van der Waals surface area contributed by atoms with Crippen molar-refractivity contribution < 1.29 is 27.4 Å². The first kappa shape index (κ1) is 19.2. The summed E-state index contributed by atoms with van der Waals surface area (Å²) in [6.07, 6.45) is 0.259. The molecule has 7 nitrogen and oxygen atoms in total. The molecule has 0 aromatic heterocycles. The summed E-state index contributed by atoms with van der Waals surface area (Å²) in [5.41, 5.74) is 1.80. The van der Waals surface area contributed by atoms with Crippen LogP contribution < -0.4 is 9.47 Å². The number of fused-ring (bicyclic) bond motifs is 1. The molecule has 0 amide bonds. The van der Waals surface area contributed by atoms with Gasteiger partial charge >= 0.3 is 5.97 Å². The average Bonchev–Trinajstić information content (AvgIpc) is 2.71. The molecule has 0 saturated heterocycles. The number of hydrogen-bond acceptors (Lipinski definition) is 6. The summed E-state index contributed by atoms with van der Waals surface area (Å²) in [6.45, 7) is 0.0899. The Kier molecular flexibility index (Phi) is 5.38. The minimum atomic E-state index is -3.97. The molecule has 1 heterocycles. The lowest BCUT2D eigenvalue weighted by Crippen LogP contribution is -2.49. The molecule has 144 valence electrons. The minimum Gasteiger partial charge on any atom is -0.493 e. The van der Waals surface area contributed by atoms with E-state index in [0.29, 0.717) is 11.5 Å². The van der Waals surface area contributed by atoms with Gasteiger partial charge in [0.15, 0.2) is 11.5 Å². The number of ether oxygens (including phenoxy) is 3. The molecule has 0 saturated carbocycles. The van der Waals surface area contributed by atoms with E-state index in [0.717, 1.165) is 11.1 Å². The maximum atomic E-state index is 13.3. The van der Waals surface area contributed by atoms with E-state index in [1.807, 2.05) is 24.3 Å². The summed E-state index contributed by atoms with van der Waals surface area (Å²) in [5.74, 6) is 0.129. The zero-order chi connectivity index (χ0) is 19.6. The second-order valence-electron chi connectivity index (χ2n) is 6.08. The Morgan fingerprint density at radius 2 is 1.67 bits per heavy atom. The molecule has 0 aliphatic carbocycles. The van der Waals surface area contributed by atoms with Crippen molar-refractivity contribution in [2.24, 2.45) is 0 Å². The van der Waals surface area contributed by atoms with Gasteiger partial charge in [-0.15, -0.1) is 0 Å². The molecule has 2 aromatic carbocycles. The van der Waals surface area contributed by atoms with Gasteiger partial charge in [-0.3, -0.25) is 4.79 Å². The second kappa shape index (κ2) is 7.58. The van der Waals surface area contributed by atoms with Crippen molar-refractivity contribution in [1.82, 2.24) is 4.31 Å². The Balaban J connectivity index is 2.07. The van der Waals surface area contributed by atoms with E-state index >= 15 is 0 Å². The summed E-state index contributed by atoms with van der Waals surface area (Å²) in [5, 5.41) is 0. The van der Waals surface area contributed by atoms with E-state index in [2.05, 4.69) is 0 Å². The Morgan fingerprint density at radius 3 is 2.30 bits per heavy atom. The van der Waals surface area contributed by atoms with E-state index in [4.69, 9.17) is 14.2 Å². The Bertz CT molecular complexity index is 956. The molecule has 27 heavy (non-hydrogen) atoms. The predicted molar refractivity (Wildman–Crippen MR) is 98.2 cm³/mol. The zero-order valence-electron chi connectivity index (χ0n) is 15.3. The van der Waals surface area contributed by atoms with Gasteiger partial charge in [-0.2, -0.15) is 4.31 Å². The van der Waals surface area contributed by atoms with Crippen LogP contribution in [-0.2, 0) is 32.5 Å². The number of esters is 1. The van der Waals surface area contributed by atoms with Gasteiger partial charge in [-0.05, 0) is 23.3 Å². The third kappa shape index (κ3) is 3.50. The molecule has 0 radical (unpaired) electrons. The van der Waals surface area contributed by atoms with Gasteiger partial charge in [0.25, 0.3) is 0 Å². The largest absolute Gasteiger partial charge is 0.493 e. The first-order valence-corrected chi connectivity index (χ1v) is 9.75. The van der Waals surface area contributed by atoms with Gasteiger partial charge in [-0.1, -0.05) is 24.3 Å². The van der Waals surface area contributed by atoms with Crippen molar-refractivity contribution in [3.05, 3.63) is 53.6 Å². The van der Waals surface area contributed by atoms with E-state index < -0.39 is 22.0 Å². The lowest BCUT2D eigenvalue weighted by Gasteiger charge is -2.34. The standard InChI is InChI=1S/C19H21NO6S/c1-24-17-9-8-15(11-18(17)25-2)27(22,23)20-12-14-7-5-4-6-13(14)10-16(20)19(21)26-3/h4-9,11,16H,10,12H2,1-3H3. The fraction of sp³-hybridized carbons (Fsp3) is 0.316. The summed E-state index contributed by atoms with van der Waals surface area (Å²) >= 11 is 0. The Morgan fingerprint density at radius 1 is 1.00 bits per heavy atom. The van der Waals surface area contributed by atoms with Crippen LogP contribution in [0.1, 0.15) is 11.1 Å². The van der Waals surface area contributed by atoms with E-state index in [-0.39, 0.29) is 17.9 Å². The fourth-order valence-electron chi connectivity index (χ4n) is 3.20. The summed E-state index contributed by atoms with van der Waals surface area (Å²) in [6, 6.07) is 10.9. The quantitative estimate of drug-likeness (QED) is 0.725. The normalized spacial score (nSPS) is 17.1. The van der Waals surface area contributed by atoms with E-state index in [9.17, 15) is 13.2 Å². The highest BCUT2D eigenvalue weighted by Gasteiger charge is 2.40. The van der Waals surface area contributed by atoms with Crippen LogP contribution in [-0.4, -0.2) is 46.1 Å². The first-order chi connectivity index (χ1) is 12.9. The number of carbonyl (C=O) groups is 1. The van der Waals surface area contributed by atoms with Crippen LogP contribution in [0.25, 0.3) is 0 Å². The Hall–Kier alpha value is -2.58. The molecule has 0 fully saturated rings. The van der Waals surface area contributed by atoms with Crippen LogP contribution in [0.5, 0.6) is 11.5 Å². The van der Waals surface area contributed by atoms with Crippen molar-refractivity contribution in [3.8, 4) is 11.5 Å². The maximum Gasteiger partial charge on any atom is 0.324 e. The highest BCUT2D eigenvalue weighted by molar-refractivity contribution is 7.89. The molecule has 0 N–H and O–H groups in total. The molecule has 2 aromatic rings. The molecule has 1 unspecified atom stereocenters. The number of nitrogens with zero attached hydrogens (tertiary/aromatic N) is 1. The summed E-state index contributed by atoms with van der Waals surface area (Å²) < 4.78 is 43.1. The molecule has 0 spiro atoms. The second-order valence-corrected chi connectivity index (χ2v) is 7.97. The number of rotatable bonds is 5. The van der Waals surface area contributed by atoms with Crippen LogP contribution in [0.4, 0.5) is 0 Å². The molecule has 3 rings (SSSR count). The highest BCUT2D eigenvalue weighted by Crippen LogP contribution is 2.34. The van der Waals surface area contributed by atoms with Gasteiger partial charge in [0, 0.05) is 19.0 Å². The highest BCUT2D eigenvalue weighted by atomic mass is 32.2. The third-order valence-corrected chi connectivity index (χ3v) is 6.49. The summed E-state index contributed by atoms with van der Waals surface area (Å²) in [4.78, 5) is 12.3. The third-order valence-electron chi connectivity index (χ3n) is 4.64. The number of carbonyl (C=O) groups excluding carboxylic acids is 1. The van der Waals surface area contributed by atoms with Gasteiger partial charge in [0.1, 0.15) is 6.04 Å². The van der Waals surface area contributed by atoms with E-state index in [1.165, 1.54) is 43.8 Å². The van der Waals surface area contributed by atoms with Crippen LogP contribution >= 0.6 is 0 Å². The number of sulfonamides is 1. The number of methoxy groups -OCH3 is 3. The molecular formula is C19H21NO6S. The molecule has 1 atom stereocenters. The van der Waals surface area contributed by atoms with Gasteiger partial charge in [-0.25, -0.2) is 8.42 Å². The first-order valence-electron chi connectivity index (χ1n) is 8.31. The van der Waals surface area contributed by atoms with Crippen molar-refractivity contribution in [3.63, 3.8) is 0 Å². The topological polar surface area (TPSA) is 82.1 Å². The Labute approximate surface area is 158 Å². The van der Waals surface area contributed by atoms with E-state index in [1.54, 1.807) is 0 Å². The van der Waals surface area contributed by atoms with Crippen molar-refractivity contribution in [2.45, 2.75) is 23.9 Å². The lowest BCUT2D eigenvalue weighted by molar-refractivity contribution is -0.145. The SMILES string of the molecule is COC(=O)C1Cc2ccccc2CN1S(=O)(=O)c1ccc(OC)c(OC)c1. The smallest absolute Gasteiger partial charge is 0.324 e.